The topological polar surface area (TPSA) is 79.2 Å². The van der Waals surface area contributed by atoms with Crippen molar-refractivity contribution in [1.82, 2.24) is 5.32 Å². The molecule has 0 aromatic heterocycles. The molecule has 1 aliphatic heterocycles. The molecule has 3 rings (SSSR count). The predicted molar refractivity (Wildman–Crippen MR) is 96.3 cm³/mol. The van der Waals surface area contributed by atoms with Crippen molar-refractivity contribution >= 4 is 11.7 Å². The fourth-order valence-electron chi connectivity index (χ4n) is 3.03. The van der Waals surface area contributed by atoms with E-state index in [0.29, 0.717) is 18.8 Å². The summed E-state index contributed by atoms with van der Waals surface area (Å²) in [6.45, 7) is 1.63. The van der Waals surface area contributed by atoms with E-state index in [1.165, 1.54) is 0 Å². The van der Waals surface area contributed by atoms with E-state index in [1.54, 1.807) is 18.2 Å². The number of nitriles is 1. The fourth-order valence-corrected chi connectivity index (χ4v) is 3.03. The van der Waals surface area contributed by atoms with Gasteiger partial charge in [-0.25, -0.2) is 0 Å². The molecule has 2 aromatic carbocycles. The molecule has 1 aliphatic rings. The standard InChI is InChI=1S/C21H20N2O3/c22-12-19(21(25)23-13-15-5-2-1-3-6-15)20(24)17-8-4-7-16(11-17)18-9-10-26-14-18/h1-8,11,18-19H,9-10,13-14H2,(H,23,25)/t18-,19+/m0/s1. The lowest BCUT2D eigenvalue weighted by molar-refractivity contribution is -0.122. The van der Waals surface area contributed by atoms with Crippen molar-refractivity contribution in [2.45, 2.75) is 18.9 Å². The summed E-state index contributed by atoms with van der Waals surface area (Å²) in [4.78, 5) is 25.0. The minimum absolute atomic E-state index is 0.259. The van der Waals surface area contributed by atoms with Gasteiger partial charge in [0.1, 0.15) is 0 Å². The molecule has 0 saturated carbocycles. The van der Waals surface area contributed by atoms with E-state index in [2.05, 4.69) is 5.32 Å². The molecule has 5 nitrogen and oxygen atoms in total. The largest absolute Gasteiger partial charge is 0.381 e. The average molecular weight is 348 g/mol. The molecule has 1 saturated heterocycles. The van der Waals surface area contributed by atoms with Gasteiger partial charge in [0.05, 0.1) is 12.7 Å². The van der Waals surface area contributed by atoms with Crippen LogP contribution >= 0.6 is 0 Å². The van der Waals surface area contributed by atoms with Crippen LogP contribution < -0.4 is 5.32 Å². The van der Waals surface area contributed by atoms with Crippen LogP contribution in [0.2, 0.25) is 0 Å². The quantitative estimate of drug-likeness (QED) is 0.643. The molecule has 1 N–H and O–H groups in total. The molecule has 0 spiro atoms. The number of rotatable bonds is 6. The Labute approximate surface area is 152 Å². The zero-order valence-corrected chi connectivity index (χ0v) is 14.4. The maximum Gasteiger partial charge on any atom is 0.245 e. The highest BCUT2D eigenvalue weighted by molar-refractivity contribution is 6.12. The monoisotopic (exact) mass is 348 g/mol. The van der Waals surface area contributed by atoms with E-state index in [1.807, 2.05) is 42.5 Å². The van der Waals surface area contributed by atoms with Crippen LogP contribution in [0.15, 0.2) is 54.6 Å². The second kappa shape index (κ2) is 8.41. The number of nitrogens with one attached hydrogen (secondary N) is 1. The Morgan fingerprint density at radius 1 is 1.19 bits per heavy atom. The first-order chi connectivity index (χ1) is 12.7. The zero-order chi connectivity index (χ0) is 18.4. The van der Waals surface area contributed by atoms with Crippen LogP contribution in [0.25, 0.3) is 0 Å². The SMILES string of the molecule is N#C[C@@H](C(=O)NCc1ccccc1)C(=O)c1cccc([C@H]2CCOC2)c1. The summed E-state index contributed by atoms with van der Waals surface area (Å²) in [7, 11) is 0. The molecule has 5 heteroatoms. The minimum atomic E-state index is -1.35. The molecule has 26 heavy (non-hydrogen) atoms. The molecule has 1 fully saturated rings. The van der Waals surface area contributed by atoms with Gasteiger partial charge in [0.25, 0.3) is 0 Å². The highest BCUT2D eigenvalue weighted by atomic mass is 16.5. The Balaban J connectivity index is 1.69. The summed E-state index contributed by atoms with van der Waals surface area (Å²) < 4.78 is 5.39. The van der Waals surface area contributed by atoms with Crippen molar-refractivity contribution in [3.8, 4) is 6.07 Å². The molecule has 2 atom stereocenters. The summed E-state index contributed by atoms with van der Waals surface area (Å²) in [5.41, 5.74) is 2.30. The fraction of sp³-hybridized carbons (Fsp3) is 0.286. The van der Waals surface area contributed by atoms with Crippen LogP contribution in [0.4, 0.5) is 0 Å². The molecule has 0 bridgehead atoms. The molecule has 2 aromatic rings. The maximum atomic E-state index is 12.7. The van der Waals surface area contributed by atoms with Crippen molar-refractivity contribution in [2.24, 2.45) is 5.92 Å². The highest BCUT2D eigenvalue weighted by Crippen LogP contribution is 2.26. The number of ether oxygens (including phenoxy) is 1. The Bertz CT molecular complexity index is 821. The maximum absolute atomic E-state index is 12.7. The Morgan fingerprint density at radius 3 is 2.69 bits per heavy atom. The van der Waals surface area contributed by atoms with Crippen molar-refractivity contribution in [2.75, 3.05) is 13.2 Å². The average Bonchev–Trinajstić information content (AvgIpc) is 3.22. The Kier molecular flexibility index (Phi) is 5.77. The van der Waals surface area contributed by atoms with Gasteiger partial charge in [-0.05, 0) is 23.6 Å². The van der Waals surface area contributed by atoms with E-state index >= 15 is 0 Å². The number of ketones is 1. The second-order valence-corrected chi connectivity index (χ2v) is 6.32. The molecule has 1 heterocycles. The number of hydrogen-bond donors (Lipinski definition) is 1. The molecule has 0 radical (unpaired) electrons. The smallest absolute Gasteiger partial charge is 0.245 e. The van der Waals surface area contributed by atoms with Crippen LogP contribution in [0.5, 0.6) is 0 Å². The lowest BCUT2D eigenvalue weighted by Crippen LogP contribution is -2.34. The molecular formula is C21H20N2O3. The predicted octanol–water partition coefficient (Wildman–Crippen LogP) is 2.83. The molecule has 1 amide bonds. The number of benzene rings is 2. The lowest BCUT2D eigenvalue weighted by atomic mass is 9.92. The molecule has 132 valence electrons. The van der Waals surface area contributed by atoms with Gasteiger partial charge >= 0.3 is 0 Å². The minimum Gasteiger partial charge on any atom is -0.381 e. The van der Waals surface area contributed by atoms with Crippen LogP contribution in [0, 0.1) is 17.2 Å². The van der Waals surface area contributed by atoms with Crippen LogP contribution in [0.3, 0.4) is 0 Å². The van der Waals surface area contributed by atoms with Crippen LogP contribution in [-0.4, -0.2) is 24.9 Å². The number of hydrogen-bond acceptors (Lipinski definition) is 4. The van der Waals surface area contributed by atoms with Gasteiger partial charge in [-0.2, -0.15) is 5.26 Å². The highest BCUT2D eigenvalue weighted by Gasteiger charge is 2.28. The summed E-state index contributed by atoms with van der Waals surface area (Å²) in [6, 6.07) is 18.4. The number of nitrogens with zero attached hydrogens (tertiary/aromatic N) is 1. The number of amides is 1. The number of carbonyl (C=O) groups excluding carboxylic acids is 2. The summed E-state index contributed by atoms with van der Waals surface area (Å²) in [5, 5.41) is 12.0. The summed E-state index contributed by atoms with van der Waals surface area (Å²) in [5.74, 6) is -2.14. The van der Waals surface area contributed by atoms with Gasteiger partial charge in [-0.15, -0.1) is 0 Å². The summed E-state index contributed by atoms with van der Waals surface area (Å²) in [6.07, 6.45) is 0.914. The number of carbonyl (C=O) groups is 2. The van der Waals surface area contributed by atoms with Crippen molar-refractivity contribution in [1.29, 1.82) is 5.26 Å². The van der Waals surface area contributed by atoms with Crippen molar-refractivity contribution in [3.05, 3.63) is 71.3 Å². The van der Waals surface area contributed by atoms with Gasteiger partial charge < -0.3 is 10.1 Å². The third-order valence-electron chi connectivity index (χ3n) is 4.54. The third-order valence-corrected chi connectivity index (χ3v) is 4.54. The normalized spacial score (nSPS) is 17.3. The Morgan fingerprint density at radius 2 is 2.00 bits per heavy atom. The first-order valence-electron chi connectivity index (χ1n) is 8.62. The van der Waals surface area contributed by atoms with Gasteiger partial charge in [-0.1, -0.05) is 48.5 Å². The third kappa shape index (κ3) is 4.16. The van der Waals surface area contributed by atoms with Gasteiger partial charge in [0.2, 0.25) is 5.91 Å². The van der Waals surface area contributed by atoms with Crippen LogP contribution in [-0.2, 0) is 16.1 Å². The van der Waals surface area contributed by atoms with Crippen LogP contribution in [0.1, 0.15) is 33.8 Å². The van der Waals surface area contributed by atoms with Gasteiger partial charge in [0.15, 0.2) is 11.7 Å². The first kappa shape index (κ1) is 17.8. The van der Waals surface area contributed by atoms with E-state index in [9.17, 15) is 14.9 Å². The molecule has 0 unspecified atom stereocenters. The van der Waals surface area contributed by atoms with E-state index in [-0.39, 0.29) is 12.5 Å². The molecule has 0 aliphatic carbocycles. The first-order valence-corrected chi connectivity index (χ1v) is 8.62. The van der Waals surface area contributed by atoms with Crippen molar-refractivity contribution < 1.29 is 14.3 Å². The Hall–Kier alpha value is -2.97. The zero-order valence-electron chi connectivity index (χ0n) is 14.4. The van der Waals surface area contributed by atoms with Gasteiger partial charge in [-0.3, -0.25) is 9.59 Å². The van der Waals surface area contributed by atoms with Gasteiger partial charge in [0, 0.05) is 24.6 Å². The van der Waals surface area contributed by atoms with E-state index in [4.69, 9.17) is 4.74 Å². The molecular weight excluding hydrogens is 328 g/mol. The van der Waals surface area contributed by atoms with E-state index < -0.39 is 17.6 Å². The number of Topliss-reactive ketones (excluding diaryl/α,β-unsaturated/α-hetero) is 1. The second-order valence-electron chi connectivity index (χ2n) is 6.32. The van der Waals surface area contributed by atoms with E-state index in [0.717, 1.165) is 17.5 Å². The van der Waals surface area contributed by atoms with Crippen molar-refractivity contribution in [3.63, 3.8) is 0 Å². The summed E-state index contributed by atoms with van der Waals surface area (Å²) >= 11 is 0. The lowest BCUT2D eigenvalue weighted by Gasteiger charge is -2.12.